The second-order valence-corrected chi connectivity index (χ2v) is 9.49. The maximum Gasteiger partial charge on any atom is 0.255 e. The summed E-state index contributed by atoms with van der Waals surface area (Å²) in [5, 5.41) is 12.5. The normalized spacial score (nSPS) is 18.6. The number of anilines is 1. The summed E-state index contributed by atoms with van der Waals surface area (Å²) in [5.74, 6) is 0.565. The molecule has 1 aromatic carbocycles. The summed E-state index contributed by atoms with van der Waals surface area (Å²) in [4.78, 5) is 33.5. The van der Waals surface area contributed by atoms with Gasteiger partial charge in [0.05, 0.1) is 0 Å². The van der Waals surface area contributed by atoms with Crippen molar-refractivity contribution >= 4 is 29.1 Å². The lowest BCUT2D eigenvalue weighted by Crippen LogP contribution is -2.53. The fourth-order valence-electron chi connectivity index (χ4n) is 4.33. The van der Waals surface area contributed by atoms with E-state index in [-0.39, 0.29) is 23.6 Å². The first-order chi connectivity index (χ1) is 15.8. The van der Waals surface area contributed by atoms with E-state index in [1.54, 1.807) is 12.1 Å². The molecule has 1 aliphatic carbocycles. The van der Waals surface area contributed by atoms with Gasteiger partial charge in [-0.05, 0) is 68.0 Å². The molecule has 172 valence electrons. The maximum atomic E-state index is 12.7. The third kappa shape index (κ3) is 5.70. The third-order valence-corrected chi connectivity index (χ3v) is 6.67. The number of nitrogens with one attached hydrogen (secondary N) is 1. The summed E-state index contributed by atoms with van der Waals surface area (Å²) in [7, 11) is 0. The molecule has 0 bridgehead atoms. The Hall–Kier alpha value is -2.95. The smallest absolute Gasteiger partial charge is 0.255 e. The van der Waals surface area contributed by atoms with Gasteiger partial charge in [-0.1, -0.05) is 11.6 Å². The number of nitriles is 1. The molecule has 0 unspecified atom stereocenters. The van der Waals surface area contributed by atoms with Gasteiger partial charge >= 0.3 is 0 Å². The van der Waals surface area contributed by atoms with E-state index in [2.05, 4.69) is 22.1 Å². The van der Waals surface area contributed by atoms with Gasteiger partial charge in [-0.3, -0.25) is 14.5 Å². The Kier molecular flexibility index (Phi) is 6.96. The number of hydrogen-bond donors (Lipinski definition) is 1. The maximum absolute atomic E-state index is 12.7. The Labute approximate surface area is 199 Å². The van der Waals surface area contributed by atoms with E-state index in [0.717, 1.165) is 30.8 Å². The van der Waals surface area contributed by atoms with Gasteiger partial charge in [0, 0.05) is 61.1 Å². The van der Waals surface area contributed by atoms with Gasteiger partial charge in [0.15, 0.2) is 0 Å². The van der Waals surface area contributed by atoms with Gasteiger partial charge in [0.1, 0.15) is 11.8 Å². The average Bonchev–Trinajstić information content (AvgIpc) is 3.61. The molecule has 8 heteroatoms. The molecule has 0 radical (unpaired) electrons. The number of nitrogens with zero attached hydrogens (tertiary/aromatic N) is 4. The van der Waals surface area contributed by atoms with Crippen molar-refractivity contribution in [3.8, 4) is 6.07 Å². The van der Waals surface area contributed by atoms with Crippen LogP contribution < -0.4 is 5.32 Å². The SMILES string of the molecule is Cc1c(CN2CCN(C(=O)CC3CC3)[C@@H](C)C2)cc(Cl)cc1NC(=O)c1ccnc(C#N)c1. The summed E-state index contributed by atoms with van der Waals surface area (Å²) in [6.07, 6.45) is 4.51. The first-order valence-corrected chi connectivity index (χ1v) is 11.7. The summed E-state index contributed by atoms with van der Waals surface area (Å²) in [6, 6.07) is 8.82. The number of halogens is 1. The molecule has 2 heterocycles. The molecule has 1 atom stereocenters. The summed E-state index contributed by atoms with van der Waals surface area (Å²) in [6.45, 7) is 7.11. The van der Waals surface area contributed by atoms with Crippen LogP contribution in [-0.4, -0.2) is 52.3 Å². The summed E-state index contributed by atoms with van der Waals surface area (Å²) in [5.41, 5.74) is 3.18. The highest BCUT2D eigenvalue weighted by atomic mass is 35.5. The number of carbonyl (C=O) groups excluding carboxylic acids is 2. The monoisotopic (exact) mass is 465 g/mol. The van der Waals surface area contributed by atoms with Crippen LogP contribution in [0.4, 0.5) is 5.69 Å². The lowest BCUT2D eigenvalue weighted by atomic mass is 10.0. The Morgan fingerprint density at radius 2 is 2.06 bits per heavy atom. The number of piperazine rings is 1. The molecular formula is C25H28ClN5O2. The van der Waals surface area contributed by atoms with Crippen LogP contribution >= 0.6 is 11.6 Å². The molecule has 4 rings (SSSR count). The molecule has 2 aliphatic rings. The lowest BCUT2D eigenvalue weighted by molar-refractivity contribution is -0.136. The minimum absolute atomic E-state index is 0.171. The minimum Gasteiger partial charge on any atom is -0.337 e. The van der Waals surface area contributed by atoms with E-state index in [1.165, 1.54) is 25.1 Å². The molecule has 1 aromatic heterocycles. The standard InChI is InChI=1S/C25H28ClN5O2/c1-16-14-30(7-8-31(16)24(32)9-18-3-4-18)15-20-10-21(26)12-23(17(20)2)29-25(33)19-5-6-28-22(11-19)13-27/h5-6,10-12,16,18H,3-4,7-9,14-15H2,1-2H3,(H,29,33)/t16-/m0/s1. The van der Waals surface area contributed by atoms with Gasteiger partial charge in [0.25, 0.3) is 5.91 Å². The quantitative estimate of drug-likeness (QED) is 0.696. The summed E-state index contributed by atoms with van der Waals surface area (Å²) >= 11 is 6.39. The topological polar surface area (TPSA) is 89.3 Å². The molecule has 1 aliphatic heterocycles. The fraction of sp³-hybridized carbons (Fsp3) is 0.440. The number of carbonyl (C=O) groups is 2. The van der Waals surface area contributed by atoms with Crippen molar-refractivity contribution < 1.29 is 9.59 Å². The van der Waals surface area contributed by atoms with Crippen LogP contribution in [0.1, 0.15) is 53.4 Å². The highest BCUT2D eigenvalue weighted by molar-refractivity contribution is 6.31. The zero-order valence-corrected chi connectivity index (χ0v) is 19.7. The van der Waals surface area contributed by atoms with Crippen molar-refractivity contribution in [1.82, 2.24) is 14.8 Å². The van der Waals surface area contributed by atoms with Crippen molar-refractivity contribution in [3.05, 3.63) is 57.9 Å². The van der Waals surface area contributed by atoms with Crippen LogP contribution in [0.2, 0.25) is 5.02 Å². The van der Waals surface area contributed by atoms with Crippen LogP contribution in [0.3, 0.4) is 0 Å². The first kappa shape index (κ1) is 23.2. The van der Waals surface area contributed by atoms with Crippen LogP contribution in [0, 0.1) is 24.2 Å². The van der Waals surface area contributed by atoms with E-state index in [4.69, 9.17) is 16.9 Å². The number of amides is 2. The number of benzene rings is 1. The molecule has 2 fully saturated rings. The van der Waals surface area contributed by atoms with Crippen molar-refractivity contribution in [3.63, 3.8) is 0 Å². The van der Waals surface area contributed by atoms with Gasteiger partial charge in [-0.2, -0.15) is 5.26 Å². The zero-order valence-electron chi connectivity index (χ0n) is 19.0. The largest absolute Gasteiger partial charge is 0.337 e. The second kappa shape index (κ2) is 9.90. The van der Waals surface area contributed by atoms with Gasteiger partial charge in [-0.25, -0.2) is 4.98 Å². The van der Waals surface area contributed by atoms with Crippen molar-refractivity contribution in [2.24, 2.45) is 5.92 Å². The van der Waals surface area contributed by atoms with Gasteiger partial charge < -0.3 is 10.2 Å². The molecule has 2 amide bonds. The predicted molar refractivity (Wildman–Crippen MR) is 127 cm³/mol. The second-order valence-electron chi connectivity index (χ2n) is 9.05. The molecule has 0 spiro atoms. The van der Waals surface area contributed by atoms with Crippen LogP contribution in [-0.2, 0) is 11.3 Å². The van der Waals surface area contributed by atoms with Crippen molar-refractivity contribution in [2.45, 2.75) is 45.7 Å². The van der Waals surface area contributed by atoms with Crippen LogP contribution in [0.5, 0.6) is 0 Å². The molecule has 1 saturated carbocycles. The van der Waals surface area contributed by atoms with E-state index >= 15 is 0 Å². The predicted octanol–water partition coefficient (Wildman–Crippen LogP) is 4.00. The van der Waals surface area contributed by atoms with Gasteiger partial charge in [-0.15, -0.1) is 0 Å². The highest BCUT2D eigenvalue weighted by Gasteiger charge is 2.32. The molecule has 1 saturated heterocycles. The minimum atomic E-state index is -0.318. The molecular weight excluding hydrogens is 438 g/mol. The lowest BCUT2D eigenvalue weighted by Gasteiger charge is -2.40. The van der Waals surface area contributed by atoms with E-state index in [1.807, 2.05) is 24.0 Å². The van der Waals surface area contributed by atoms with Crippen LogP contribution in [0.25, 0.3) is 0 Å². The van der Waals surface area contributed by atoms with Crippen molar-refractivity contribution in [1.29, 1.82) is 5.26 Å². The van der Waals surface area contributed by atoms with Crippen molar-refractivity contribution in [2.75, 3.05) is 25.0 Å². The number of hydrogen-bond acceptors (Lipinski definition) is 5. The molecule has 2 aromatic rings. The van der Waals surface area contributed by atoms with Crippen LogP contribution in [0.15, 0.2) is 30.5 Å². The fourth-order valence-corrected chi connectivity index (χ4v) is 4.57. The molecule has 33 heavy (non-hydrogen) atoms. The Morgan fingerprint density at radius 1 is 1.27 bits per heavy atom. The van der Waals surface area contributed by atoms with E-state index < -0.39 is 0 Å². The highest BCUT2D eigenvalue weighted by Crippen LogP contribution is 2.33. The number of pyridine rings is 1. The zero-order chi connectivity index (χ0) is 23.5. The third-order valence-electron chi connectivity index (χ3n) is 6.45. The number of rotatable bonds is 6. The Bertz CT molecular complexity index is 1110. The number of aromatic nitrogens is 1. The van der Waals surface area contributed by atoms with E-state index in [0.29, 0.717) is 35.2 Å². The first-order valence-electron chi connectivity index (χ1n) is 11.3. The summed E-state index contributed by atoms with van der Waals surface area (Å²) < 4.78 is 0. The molecule has 1 N–H and O–H groups in total. The Morgan fingerprint density at radius 3 is 2.76 bits per heavy atom. The van der Waals surface area contributed by atoms with Gasteiger partial charge in [0.2, 0.25) is 5.91 Å². The Balaban J connectivity index is 1.43. The average molecular weight is 466 g/mol. The van der Waals surface area contributed by atoms with E-state index in [9.17, 15) is 9.59 Å². The molecule has 7 nitrogen and oxygen atoms in total.